The maximum Gasteiger partial charge on any atom is 0.335 e. The summed E-state index contributed by atoms with van der Waals surface area (Å²) in [5.41, 5.74) is 5.76. The number of carboxylic acid groups (broad SMARTS) is 1. The summed E-state index contributed by atoms with van der Waals surface area (Å²) in [4.78, 5) is 23.4. The summed E-state index contributed by atoms with van der Waals surface area (Å²) >= 11 is 5.85. The zero-order chi connectivity index (χ0) is 27.8. The molecule has 2 aromatic heterocycles. The summed E-state index contributed by atoms with van der Waals surface area (Å²) in [6, 6.07) is 16.1. The predicted octanol–water partition coefficient (Wildman–Crippen LogP) is 5.43. The molecule has 0 aliphatic carbocycles. The van der Waals surface area contributed by atoms with Gasteiger partial charge in [-0.2, -0.15) is 0 Å². The number of para-hydroxylation sites is 1. The van der Waals surface area contributed by atoms with E-state index in [-0.39, 0.29) is 10.6 Å². The highest BCUT2D eigenvalue weighted by molar-refractivity contribution is 6.30. The molecule has 5 aromatic rings. The fraction of sp³-hybridized carbons (Fsp3) is 0.300. The highest BCUT2D eigenvalue weighted by Gasteiger charge is 2.23. The van der Waals surface area contributed by atoms with Crippen molar-refractivity contribution in [2.75, 3.05) is 19.8 Å². The monoisotopic (exact) mass is 561 g/mol. The average Bonchev–Trinajstić information content (AvgIpc) is 3.42. The predicted molar refractivity (Wildman–Crippen MR) is 151 cm³/mol. The first-order valence-corrected chi connectivity index (χ1v) is 13.6. The Bertz CT molecular complexity index is 1720. The van der Waals surface area contributed by atoms with Crippen LogP contribution in [0.25, 0.3) is 22.1 Å². The van der Waals surface area contributed by atoms with Gasteiger partial charge in [-0.3, -0.25) is 4.90 Å². The van der Waals surface area contributed by atoms with Crippen LogP contribution < -0.4 is 0 Å². The molecule has 8 nitrogen and oxygen atoms in total. The lowest BCUT2D eigenvalue weighted by molar-refractivity contribution is 0.0367. The Kier molecular flexibility index (Phi) is 7.27. The second-order valence-corrected chi connectivity index (χ2v) is 10.6. The van der Waals surface area contributed by atoms with Crippen molar-refractivity contribution >= 4 is 39.6 Å². The van der Waals surface area contributed by atoms with Gasteiger partial charge in [0.15, 0.2) is 0 Å². The molecule has 0 bridgehead atoms. The Balaban J connectivity index is 0.000000666. The van der Waals surface area contributed by atoms with Gasteiger partial charge in [-0.05, 0) is 60.4 Å². The number of aryl methyl sites for hydroxylation is 1. The molecule has 1 fully saturated rings. The van der Waals surface area contributed by atoms with E-state index in [9.17, 15) is 14.3 Å². The van der Waals surface area contributed by atoms with Crippen LogP contribution in [0, 0.1) is 5.82 Å². The van der Waals surface area contributed by atoms with Gasteiger partial charge in [-0.25, -0.2) is 19.2 Å². The summed E-state index contributed by atoms with van der Waals surface area (Å²) in [6.45, 7) is 4.95. The number of hydrogen-bond acceptors (Lipinski definition) is 5. The first-order chi connectivity index (χ1) is 19.4. The minimum absolute atomic E-state index is 0.123. The molecule has 0 atom stereocenters. The first kappa shape index (κ1) is 26.4. The SMILES string of the molecule is C1COC1.Cn1c(CN2CCn3c(nc4c(Cc5ccc(Cl)c(F)c5)cccc43)C2)nc2ccc(C(=O)O)cc21. The lowest BCUT2D eigenvalue weighted by Crippen LogP contribution is -2.34. The number of ether oxygens (including phenoxy) is 1. The number of imidazole rings is 2. The van der Waals surface area contributed by atoms with Crippen molar-refractivity contribution in [3.05, 3.63) is 93.8 Å². The minimum Gasteiger partial charge on any atom is -0.478 e. The summed E-state index contributed by atoms with van der Waals surface area (Å²) in [7, 11) is 1.92. The number of nitrogens with zero attached hydrogens (tertiary/aromatic N) is 5. The second kappa shape index (κ2) is 11.0. The van der Waals surface area contributed by atoms with Gasteiger partial charge in [0.25, 0.3) is 0 Å². The van der Waals surface area contributed by atoms with Gasteiger partial charge in [-0.15, -0.1) is 0 Å². The average molecular weight is 562 g/mol. The van der Waals surface area contributed by atoms with Crippen molar-refractivity contribution in [2.24, 2.45) is 7.05 Å². The van der Waals surface area contributed by atoms with Gasteiger partial charge < -0.3 is 19.0 Å². The Morgan fingerprint density at radius 1 is 1.07 bits per heavy atom. The molecule has 0 spiro atoms. The van der Waals surface area contributed by atoms with Crippen LogP contribution in [-0.4, -0.2) is 54.8 Å². The highest BCUT2D eigenvalue weighted by atomic mass is 35.5. The van der Waals surface area contributed by atoms with E-state index in [1.165, 1.54) is 12.5 Å². The molecule has 10 heteroatoms. The third kappa shape index (κ3) is 5.20. The first-order valence-electron chi connectivity index (χ1n) is 13.3. The topological polar surface area (TPSA) is 85.4 Å². The number of carbonyl (C=O) groups is 1. The smallest absolute Gasteiger partial charge is 0.335 e. The molecule has 2 aliphatic heterocycles. The molecular weight excluding hydrogens is 533 g/mol. The zero-order valence-corrected chi connectivity index (χ0v) is 22.9. The fourth-order valence-electron chi connectivity index (χ4n) is 5.15. The van der Waals surface area contributed by atoms with E-state index in [1.54, 1.807) is 24.3 Å². The Hall–Kier alpha value is -3.79. The molecule has 0 unspecified atom stereocenters. The third-order valence-electron chi connectivity index (χ3n) is 7.49. The normalized spacial score (nSPS) is 15.0. The van der Waals surface area contributed by atoms with Gasteiger partial charge in [-0.1, -0.05) is 29.8 Å². The van der Waals surface area contributed by atoms with Crippen LogP contribution in [0.4, 0.5) is 4.39 Å². The highest BCUT2D eigenvalue weighted by Crippen LogP contribution is 2.27. The molecular formula is C30H29ClFN5O3. The van der Waals surface area contributed by atoms with E-state index in [0.29, 0.717) is 19.5 Å². The van der Waals surface area contributed by atoms with E-state index in [4.69, 9.17) is 26.3 Å². The maximum absolute atomic E-state index is 14.0. The summed E-state index contributed by atoms with van der Waals surface area (Å²) < 4.78 is 22.9. The molecule has 4 heterocycles. The molecule has 2 aliphatic rings. The van der Waals surface area contributed by atoms with Crippen LogP contribution in [0.3, 0.4) is 0 Å². The Morgan fingerprint density at radius 3 is 2.60 bits per heavy atom. The van der Waals surface area contributed by atoms with Crippen molar-refractivity contribution in [3.63, 3.8) is 0 Å². The van der Waals surface area contributed by atoms with E-state index < -0.39 is 11.8 Å². The quantitative estimate of drug-likeness (QED) is 0.308. The number of rotatable bonds is 5. The van der Waals surface area contributed by atoms with Crippen molar-refractivity contribution in [2.45, 2.75) is 32.5 Å². The second-order valence-electron chi connectivity index (χ2n) is 10.2. The number of hydrogen-bond donors (Lipinski definition) is 1. The van der Waals surface area contributed by atoms with Crippen LogP contribution in [-0.2, 0) is 37.8 Å². The molecule has 0 amide bonds. The fourth-order valence-corrected chi connectivity index (χ4v) is 5.27. The number of fused-ring (bicyclic) bond motifs is 4. The lowest BCUT2D eigenvalue weighted by atomic mass is 10.0. The van der Waals surface area contributed by atoms with Crippen molar-refractivity contribution < 1.29 is 19.0 Å². The number of halogens is 2. The molecule has 1 saturated heterocycles. The van der Waals surface area contributed by atoms with Gasteiger partial charge in [0.2, 0.25) is 0 Å². The molecule has 40 heavy (non-hydrogen) atoms. The molecule has 1 N–H and O–H groups in total. The van der Waals surface area contributed by atoms with Crippen LogP contribution >= 0.6 is 11.6 Å². The lowest BCUT2D eigenvalue weighted by Gasteiger charge is -2.27. The standard InChI is InChI=1S/C27H23ClFN5O2.C3H6O/c1-32-23-13-18(27(35)36)6-8-21(23)30-24(32)14-33-9-10-34-22-4-2-3-17(26(22)31-25(34)15-33)11-16-5-7-19(28)20(29)12-16;1-2-4-3-1/h2-8,12-13H,9-11,14-15H2,1H3,(H,35,36);1-3H2. The zero-order valence-electron chi connectivity index (χ0n) is 22.1. The summed E-state index contributed by atoms with van der Waals surface area (Å²) in [6.07, 6.45) is 1.85. The summed E-state index contributed by atoms with van der Waals surface area (Å²) in [5, 5.41) is 9.43. The third-order valence-corrected chi connectivity index (χ3v) is 7.79. The van der Waals surface area contributed by atoms with Gasteiger partial charge >= 0.3 is 5.97 Å². The largest absolute Gasteiger partial charge is 0.478 e. The number of aromatic nitrogens is 4. The van der Waals surface area contributed by atoms with E-state index in [0.717, 1.165) is 71.1 Å². The van der Waals surface area contributed by atoms with E-state index >= 15 is 0 Å². The molecule has 0 radical (unpaired) electrons. The van der Waals surface area contributed by atoms with Crippen LogP contribution in [0.15, 0.2) is 54.6 Å². The molecule has 3 aromatic carbocycles. The van der Waals surface area contributed by atoms with Crippen molar-refractivity contribution in [1.29, 1.82) is 0 Å². The van der Waals surface area contributed by atoms with E-state index in [2.05, 4.69) is 15.5 Å². The van der Waals surface area contributed by atoms with Gasteiger partial charge in [0, 0.05) is 33.4 Å². The molecule has 0 saturated carbocycles. The number of aromatic carboxylic acids is 1. The van der Waals surface area contributed by atoms with Crippen LogP contribution in [0.5, 0.6) is 0 Å². The van der Waals surface area contributed by atoms with Crippen molar-refractivity contribution in [1.82, 2.24) is 24.0 Å². The molecule has 7 rings (SSSR count). The van der Waals surface area contributed by atoms with Crippen molar-refractivity contribution in [3.8, 4) is 0 Å². The number of carboxylic acids is 1. The Morgan fingerprint density at radius 2 is 1.88 bits per heavy atom. The van der Waals surface area contributed by atoms with Crippen LogP contribution in [0.2, 0.25) is 5.02 Å². The minimum atomic E-state index is -0.949. The Labute approximate surface area is 235 Å². The van der Waals surface area contributed by atoms with E-state index in [1.807, 2.05) is 29.8 Å². The molecule has 206 valence electrons. The van der Waals surface area contributed by atoms with Gasteiger partial charge in [0.05, 0.1) is 45.7 Å². The maximum atomic E-state index is 14.0. The van der Waals surface area contributed by atoms with Crippen LogP contribution in [0.1, 0.15) is 39.6 Å². The van der Waals surface area contributed by atoms with Gasteiger partial charge in [0.1, 0.15) is 17.5 Å². The summed E-state index contributed by atoms with van der Waals surface area (Å²) in [5.74, 6) is 0.498. The number of benzene rings is 3.